The summed E-state index contributed by atoms with van der Waals surface area (Å²) in [6, 6.07) is 15.0. The predicted molar refractivity (Wildman–Crippen MR) is 102 cm³/mol. The molecule has 26 heavy (non-hydrogen) atoms. The molecule has 0 atom stereocenters. The molecule has 2 amide bonds. The van der Waals surface area contributed by atoms with Crippen LogP contribution in [0.15, 0.2) is 54.2 Å². The number of nitrogens with one attached hydrogen (secondary N) is 1. The third-order valence-corrected chi connectivity index (χ3v) is 4.24. The van der Waals surface area contributed by atoms with Crippen LogP contribution in [0, 0.1) is 6.92 Å². The maximum Gasteiger partial charge on any atom is 0.278 e. The van der Waals surface area contributed by atoms with Crippen LogP contribution in [0.3, 0.4) is 0 Å². The maximum absolute atomic E-state index is 12.8. The molecular weight excluding hydrogens is 328 g/mol. The van der Waals surface area contributed by atoms with Gasteiger partial charge in [-0.3, -0.25) is 14.5 Å². The SMILES string of the molecule is CCOc1cccc(NC2=C(c3ccc(C)cc3)C(=O)N(CC)C2=O)c1. The van der Waals surface area contributed by atoms with E-state index in [9.17, 15) is 9.59 Å². The Labute approximate surface area is 153 Å². The van der Waals surface area contributed by atoms with E-state index < -0.39 is 0 Å². The third-order valence-electron chi connectivity index (χ3n) is 4.24. The Morgan fingerprint density at radius 1 is 1.00 bits per heavy atom. The number of carbonyl (C=O) groups excluding carboxylic acids is 2. The van der Waals surface area contributed by atoms with E-state index in [2.05, 4.69) is 5.32 Å². The highest BCUT2D eigenvalue weighted by molar-refractivity contribution is 6.36. The summed E-state index contributed by atoms with van der Waals surface area (Å²) in [6.45, 7) is 6.58. The van der Waals surface area contributed by atoms with Gasteiger partial charge in [0.2, 0.25) is 0 Å². The van der Waals surface area contributed by atoms with Crippen LogP contribution in [-0.2, 0) is 9.59 Å². The van der Waals surface area contributed by atoms with Crippen molar-refractivity contribution < 1.29 is 14.3 Å². The standard InChI is InChI=1S/C21H22N2O3/c1-4-23-20(24)18(15-11-9-14(3)10-12-15)19(21(23)25)22-16-7-6-8-17(13-16)26-5-2/h6-13,22H,4-5H2,1-3H3. The van der Waals surface area contributed by atoms with E-state index in [0.717, 1.165) is 11.1 Å². The molecule has 134 valence electrons. The number of amides is 2. The largest absolute Gasteiger partial charge is 0.494 e. The summed E-state index contributed by atoms with van der Waals surface area (Å²) >= 11 is 0. The van der Waals surface area contributed by atoms with Gasteiger partial charge in [0.1, 0.15) is 11.4 Å². The molecule has 0 aliphatic carbocycles. The van der Waals surface area contributed by atoms with Crippen molar-refractivity contribution in [1.29, 1.82) is 0 Å². The van der Waals surface area contributed by atoms with Crippen LogP contribution in [0.4, 0.5) is 5.69 Å². The number of nitrogens with zero attached hydrogens (tertiary/aromatic N) is 1. The van der Waals surface area contributed by atoms with Gasteiger partial charge in [-0.15, -0.1) is 0 Å². The molecule has 0 fully saturated rings. The highest BCUT2D eigenvalue weighted by Gasteiger charge is 2.38. The van der Waals surface area contributed by atoms with Crippen LogP contribution in [0.25, 0.3) is 5.57 Å². The second-order valence-electron chi connectivity index (χ2n) is 6.06. The van der Waals surface area contributed by atoms with E-state index in [1.165, 1.54) is 4.90 Å². The molecule has 5 heteroatoms. The molecule has 2 aromatic carbocycles. The lowest BCUT2D eigenvalue weighted by molar-refractivity contribution is -0.136. The Hall–Kier alpha value is -3.08. The van der Waals surface area contributed by atoms with Gasteiger partial charge >= 0.3 is 0 Å². The summed E-state index contributed by atoms with van der Waals surface area (Å²) in [5, 5.41) is 3.13. The number of aryl methyl sites for hydroxylation is 1. The van der Waals surface area contributed by atoms with Gasteiger partial charge in [-0.1, -0.05) is 35.9 Å². The number of rotatable bonds is 6. The van der Waals surface area contributed by atoms with Crippen LogP contribution < -0.4 is 10.1 Å². The molecule has 0 aromatic heterocycles. The van der Waals surface area contributed by atoms with Crippen molar-refractivity contribution in [1.82, 2.24) is 4.90 Å². The zero-order valence-electron chi connectivity index (χ0n) is 15.2. The monoisotopic (exact) mass is 350 g/mol. The number of carbonyl (C=O) groups is 2. The van der Waals surface area contributed by atoms with E-state index in [-0.39, 0.29) is 11.8 Å². The van der Waals surface area contributed by atoms with E-state index in [4.69, 9.17) is 4.74 Å². The number of hydrogen-bond acceptors (Lipinski definition) is 4. The van der Waals surface area contributed by atoms with Crippen molar-refractivity contribution in [2.75, 3.05) is 18.5 Å². The third kappa shape index (κ3) is 3.33. The Bertz CT molecular complexity index is 869. The van der Waals surface area contributed by atoms with Crippen LogP contribution >= 0.6 is 0 Å². The second-order valence-corrected chi connectivity index (χ2v) is 6.06. The van der Waals surface area contributed by atoms with Crippen molar-refractivity contribution in [3.05, 3.63) is 65.4 Å². The smallest absolute Gasteiger partial charge is 0.278 e. The minimum absolute atomic E-state index is 0.273. The number of anilines is 1. The highest BCUT2D eigenvalue weighted by atomic mass is 16.5. The summed E-state index contributed by atoms with van der Waals surface area (Å²) in [6.07, 6.45) is 0. The normalized spacial score (nSPS) is 14.2. The first kappa shape index (κ1) is 17.7. The maximum atomic E-state index is 12.8. The Balaban J connectivity index is 2.03. The molecule has 0 saturated carbocycles. The molecule has 1 aliphatic heterocycles. The Morgan fingerprint density at radius 3 is 2.38 bits per heavy atom. The van der Waals surface area contributed by atoms with Gasteiger partial charge in [-0.25, -0.2) is 0 Å². The average molecular weight is 350 g/mol. The first-order valence-electron chi connectivity index (χ1n) is 8.72. The first-order chi connectivity index (χ1) is 12.5. The minimum Gasteiger partial charge on any atom is -0.494 e. The number of hydrogen-bond donors (Lipinski definition) is 1. The van der Waals surface area contributed by atoms with Crippen LogP contribution in [-0.4, -0.2) is 29.9 Å². The average Bonchev–Trinajstić information content (AvgIpc) is 2.86. The van der Waals surface area contributed by atoms with Crippen molar-refractivity contribution in [3.8, 4) is 5.75 Å². The van der Waals surface area contributed by atoms with Crippen molar-refractivity contribution in [2.24, 2.45) is 0 Å². The van der Waals surface area contributed by atoms with Gasteiger partial charge in [0.15, 0.2) is 0 Å². The fourth-order valence-electron chi connectivity index (χ4n) is 2.94. The zero-order chi connectivity index (χ0) is 18.7. The molecule has 0 unspecified atom stereocenters. The molecule has 1 heterocycles. The van der Waals surface area contributed by atoms with Gasteiger partial charge in [0.05, 0.1) is 12.2 Å². The molecule has 5 nitrogen and oxygen atoms in total. The summed E-state index contributed by atoms with van der Waals surface area (Å²) in [7, 11) is 0. The molecular formula is C21H22N2O3. The summed E-state index contributed by atoms with van der Waals surface area (Å²) < 4.78 is 5.51. The lowest BCUT2D eigenvalue weighted by Gasteiger charge is -2.12. The number of ether oxygens (including phenoxy) is 1. The highest BCUT2D eigenvalue weighted by Crippen LogP contribution is 2.31. The molecule has 1 aliphatic rings. The molecule has 3 rings (SSSR count). The molecule has 0 radical (unpaired) electrons. The van der Waals surface area contributed by atoms with E-state index in [1.807, 2.05) is 62.4 Å². The second kappa shape index (κ2) is 7.44. The number of imide groups is 1. The summed E-state index contributed by atoms with van der Waals surface area (Å²) in [5.74, 6) is 0.124. The zero-order valence-corrected chi connectivity index (χ0v) is 15.2. The molecule has 0 saturated heterocycles. The van der Waals surface area contributed by atoms with Crippen LogP contribution in [0.5, 0.6) is 5.75 Å². The van der Waals surface area contributed by atoms with Gasteiger partial charge < -0.3 is 10.1 Å². The van der Waals surface area contributed by atoms with Crippen molar-refractivity contribution in [3.63, 3.8) is 0 Å². The van der Waals surface area contributed by atoms with Crippen molar-refractivity contribution >= 4 is 23.1 Å². The fraction of sp³-hybridized carbons (Fsp3) is 0.238. The Morgan fingerprint density at radius 2 is 1.73 bits per heavy atom. The van der Waals surface area contributed by atoms with E-state index in [0.29, 0.717) is 35.9 Å². The van der Waals surface area contributed by atoms with Gasteiger partial charge in [0.25, 0.3) is 11.8 Å². The lowest BCUT2D eigenvalue weighted by atomic mass is 10.0. The Kier molecular flexibility index (Phi) is 5.07. The van der Waals surface area contributed by atoms with E-state index >= 15 is 0 Å². The molecule has 1 N–H and O–H groups in total. The predicted octanol–water partition coefficient (Wildman–Crippen LogP) is 3.61. The summed E-state index contributed by atoms with van der Waals surface area (Å²) in [5.41, 5.74) is 3.23. The van der Waals surface area contributed by atoms with E-state index in [1.54, 1.807) is 6.92 Å². The number of likely N-dealkylation sites (N-methyl/N-ethyl adjacent to an activating group) is 1. The van der Waals surface area contributed by atoms with Crippen LogP contribution in [0.1, 0.15) is 25.0 Å². The van der Waals surface area contributed by atoms with Crippen LogP contribution in [0.2, 0.25) is 0 Å². The van der Waals surface area contributed by atoms with Gasteiger partial charge in [-0.05, 0) is 38.5 Å². The molecule has 0 spiro atoms. The fourth-order valence-corrected chi connectivity index (χ4v) is 2.94. The topological polar surface area (TPSA) is 58.6 Å². The first-order valence-corrected chi connectivity index (χ1v) is 8.72. The molecule has 0 bridgehead atoms. The van der Waals surface area contributed by atoms with Crippen molar-refractivity contribution in [2.45, 2.75) is 20.8 Å². The quantitative estimate of drug-likeness (QED) is 0.809. The minimum atomic E-state index is -0.310. The number of benzene rings is 2. The molecule has 2 aromatic rings. The lowest BCUT2D eigenvalue weighted by Crippen LogP contribution is -2.32. The van der Waals surface area contributed by atoms with Gasteiger partial charge in [-0.2, -0.15) is 0 Å². The van der Waals surface area contributed by atoms with Gasteiger partial charge in [0, 0.05) is 18.3 Å². The summed E-state index contributed by atoms with van der Waals surface area (Å²) in [4.78, 5) is 26.8.